The molecule has 1 N–H and O–H groups in total. The van der Waals surface area contributed by atoms with Crippen LogP contribution in [-0.2, 0) is 6.42 Å². The molecule has 4 rings (SSSR count). The van der Waals surface area contributed by atoms with Gasteiger partial charge < -0.3 is 5.11 Å². The standard InChI is InChI=1S/C20H28O/c1-2-13-7-9-15(10-8-13)20(21)19-17-12-11-14-5-3-4-6-16(14)18(17)19/h3-6,13,15,17-21H,2,7-12H2,1H3. The first kappa shape index (κ1) is 13.8. The Morgan fingerprint density at radius 1 is 1.10 bits per heavy atom. The molecule has 2 fully saturated rings. The number of fused-ring (bicyclic) bond motifs is 3. The van der Waals surface area contributed by atoms with Gasteiger partial charge in [-0.05, 0) is 66.4 Å². The van der Waals surface area contributed by atoms with Gasteiger partial charge in [-0.15, -0.1) is 0 Å². The van der Waals surface area contributed by atoms with Gasteiger partial charge in [0.15, 0.2) is 0 Å². The Hall–Kier alpha value is -0.820. The van der Waals surface area contributed by atoms with E-state index in [4.69, 9.17) is 0 Å². The van der Waals surface area contributed by atoms with E-state index in [1.54, 1.807) is 11.1 Å². The Bertz CT molecular complexity index is 500. The lowest BCUT2D eigenvalue weighted by Gasteiger charge is -2.31. The van der Waals surface area contributed by atoms with Gasteiger partial charge in [-0.25, -0.2) is 0 Å². The number of aliphatic hydroxyl groups excluding tert-OH is 1. The van der Waals surface area contributed by atoms with E-state index in [1.807, 2.05) is 0 Å². The molecule has 21 heavy (non-hydrogen) atoms. The maximum absolute atomic E-state index is 10.9. The van der Waals surface area contributed by atoms with Crippen LogP contribution in [0.15, 0.2) is 24.3 Å². The van der Waals surface area contributed by atoms with Crippen LogP contribution >= 0.6 is 0 Å². The zero-order valence-corrected chi connectivity index (χ0v) is 13.2. The lowest BCUT2D eigenvalue weighted by molar-refractivity contribution is 0.0503. The maximum Gasteiger partial charge on any atom is 0.0605 e. The Morgan fingerprint density at radius 2 is 1.86 bits per heavy atom. The third-order valence-electron chi connectivity index (χ3n) is 6.74. The van der Waals surface area contributed by atoms with Gasteiger partial charge in [0.25, 0.3) is 0 Å². The minimum absolute atomic E-state index is 0.0380. The first-order valence-corrected chi connectivity index (χ1v) is 9.05. The van der Waals surface area contributed by atoms with E-state index >= 15 is 0 Å². The molecule has 0 bridgehead atoms. The highest BCUT2D eigenvalue weighted by Crippen LogP contribution is 2.62. The summed E-state index contributed by atoms with van der Waals surface area (Å²) in [5, 5.41) is 10.9. The monoisotopic (exact) mass is 284 g/mol. The Kier molecular flexibility index (Phi) is 3.57. The summed E-state index contributed by atoms with van der Waals surface area (Å²) >= 11 is 0. The fourth-order valence-corrected chi connectivity index (χ4v) is 5.34. The predicted molar refractivity (Wildman–Crippen MR) is 86.2 cm³/mol. The molecule has 1 nitrogen and oxygen atoms in total. The molecule has 4 unspecified atom stereocenters. The van der Waals surface area contributed by atoms with E-state index in [0.29, 0.717) is 17.8 Å². The molecule has 0 aliphatic heterocycles. The molecule has 0 saturated heterocycles. The summed E-state index contributed by atoms with van der Waals surface area (Å²) < 4.78 is 0. The number of aliphatic hydroxyl groups is 1. The number of benzene rings is 1. The summed E-state index contributed by atoms with van der Waals surface area (Å²) in [4.78, 5) is 0. The van der Waals surface area contributed by atoms with Crippen molar-refractivity contribution in [3.05, 3.63) is 35.4 Å². The van der Waals surface area contributed by atoms with E-state index < -0.39 is 0 Å². The maximum atomic E-state index is 10.9. The molecule has 1 aromatic rings. The van der Waals surface area contributed by atoms with E-state index in [2.05, 4.69) is 31.2 Å². The van der Waals surface area contributed by atoms with Gasteiger partial charge in [-0.1, -0.05) is 50.5 Å². The third-order valence-corrected chi connectivity index (χ3v) is 6.74. The number of hydrogen-bond acceptors (Lipinski definition) is 1. The fraction of sp³-hybridized carbons (Fsp3) is 0.700. The van der Waals surface area contributed by atoms with Crippen molar-refractivity contribution in [1.29, 1.82) is 0 Å². The minimum atomic E-state index is -0.0380. The molecule has 1 aromatic carbocycles. The molecule has 0 aromatic heterocycles. The summed E-state index contributed by atoms with van der Waals surface area (Å²) in [6.45, 7) is 2.31. The van der Waals surface area contributed by atoms with E-state index in [0.717, 1.165) is 11.8 Å². The molecular formula is C20H28O. The predicted octanol–water partition coefficient (Wildman–Crippen LogP) is 4.54. The van der Waals surface area contributed by atoms with Crippen LogP contribution in [0.25, 0.3) is 0 Å². The van der Waals surface area contributed by atoms with Crippen LogP contribution in [0.4, 0.5) is 0 Å². The lowest BCUT2D eigenvalue weighted by Crippen LogP contribution is -2.28. The molecule has 1 heteroatoms. The van der Waals surface area contributed by atoms with Crippen molar-refractivity contribution in [2.45, 2.75) is 63.9 Å². The van der Waals surface area contributed by atoms with Crippen molar-refractivity contribution in [1.82, 2.24) is 0 Å². The first-order valence-electron chi connectivity index (χ1n) is 9.05. The number of hydrogen-bond donors (Lipinski definition) is 1. The summed E-state index contributed by atoms with van der Waals surface area (Å²) in [5.74, 6) is 3.52. The van der Waals surface area contributed by atoms with Crippen LogP contribution in [0.2, 0.25) is 0 Å². The van der Waals surface area contributed by atoms with Gasteiger partial charge in [0.05, 0.1) is 6.10 Å². The van der Waals surface area contributed by atoms with Crippen LogP contribution < -0.4 is 0 Å². The van der Waals surface area contributed by atoms with Gasteiger partial charge in [-0.2, -0.15) is 0 Å². The number of rotatable bonds is 3. The van der Waals surface area contributed by atoms with Crippen LogP contribution in [-0.4, -0.2) is 11.2 Å². The Balaban J connectivity index is 1.45. The third kappa shape index (κ3) is 2.34. The molecule has 3 aliphatic rings. The molecule has 0 radical (unpaired) electrons. The van der Waals surface area contributed by atoms with Crippen LogP contribution in [0.3, 0.4) is 0 Å². The molecule has 4 atom stereocenters. The molecule has 0 heterocycles. The zero-order valence-electron chi connectivity index (χ0n) is 13.2. The van der Waals surface area contributed by atoms with Crippen molar-refractivity contribution >= 4 is 0 Å². The highest BCUT2D eigenvalue weighted by Gasteiger charge is 2.57. The quantitative estimate of drug-likeness (QED) is 0.864. The summed E-state index contributed by atoms with van der Waals surface area (Å²) in [6, 6.07) is 8.95. The summed E-state index contributed by atoms with van der Waals surface area (Å²) in [5.41, 5.74) is 3.10. The van der Waals surface area contributed by atoms with Crippen molar-refractivity contribution in [2.75, 3.05) is 0 Å². The zero-order chi connectivity index (χ0) is 14.4. The van der Waals surface area contributed by atoms with Gasteiger partial charge >= 0.3 is 0 Å². The van der Waals surface area contributed by atoms with E-state index in [-0.39, 0.29) is 6.10 Å². The van der Waals surface area contributed by atoms with Gasteiger partial charge in [-0.3, -0.25) is 0 Å². The summed E-state index contributed by atoms with van der Waals surface area (Å²) in [6.07, 6.45) is 9.02. The SMILES string of the molecule is CCC1CCC(C(O)C2C3CCc4ccccc4C32)CC1. The van der Waals surface area contributed by atoms with Gasteiger partial charge in [0.2, 0.25) is 0 Å². The molecule has 0 spiro atoms. The average Bonchev–Trinajstić information content (AvgIpc) is 3.29. The van der Waals surface area contributed by atoms with Crippen molar-refractivity contribution in [2.24, 2.45) is 23.7 Å². The molecule has 3 aliphatic carbocycles. The van der Waals surface area contributed by atoms with Crippen LogP contribution in [0, 0.1) is 23.7 Å². The van der Waals surface area contributed by atoms with Crippen LogP contribution in [0.5, 0.6) is 0 Å². The van der Waals surface area contributed by atoms with Gasteiger partial charge in [0.1, 0.15) is 0 Å². The second-order valence-corrected chi connectivity index (χ2v) is 7.68. The molecule has 0 amide bonds. The van der Waals surface area contributed by atoms with E-state index in [1.165, 1.54) is 44.9 Å². The fourth-order valence-electron chi connectivity index (χ4n) is 5.34. The Morgan fingerprint density at radius 3 is 2.62 bits per heavy atom. The highest BCUT2D eigenvalue weighted by molar-refractivity contribution is 5.39. The Labute approximate surface area is 128 Å². The average molecular weight is 284 g/mol. The molecular weight excluding hydrogens is 256 g/mol. The number of aryl methyl sites for hydroxylation is 1. The second kappa shape index (κ2) is 5.43. The van der Waals surface area contributed by atoms with Crippen molar-refractivity contribution < 1.29 is 5.11 Å². The second-order valence-electron chi connectivity index (χ2n) is 7.68. The smallest absolute Gasteiger partial charge is 0.0605 e. The molecule has 114 valence electrons. The minimum Gasteiger partial charge on any atom is -0.393 e. The molecule has 2 saturated carbocycles. The normalized spacial score (nSPS) is 39.2. The highest BCUT2D eigenvalue weighted by atomic mass is 16.3. The van der Waals surface area contributed by atoms with Gasteiger partial charge in [0, 0.05) is 0 Å². The van der Waals surface area contributed by atoms with Crippen molar-refractivity contribution in [3.63, 3.8) is 0 Å². The largest absolute Gasteiger partial charge is 0.393 e. The van der Waals surface area contributed by atoms with Crippen LogP contribution in [0.1, 0.15) is 62.5 Å². The van der Waals surface area contributed by atoms with E-state index in [9.17, 15) is 5.11 Å². The topological polar surface area (TPSA) is 20.2 Å². The summed E-state index contributed by atoms with van der Waals surface area (Å²) in [7, 11) is 0. The van der Waals surface area contributed by atoms with Crippen molar-refractivity contribution in [3.8, 4) is 0 Å². The lowest BCUT2D eigenvalue weighted by atomic mass is 9.77. The first-order chi connectivity index (χ1) is 10.3.